The van der Waals surface area contributed by atoms with E-state index in [1.54, 1.807) is 0 Å². The first-order valence-electron chi connectivity index (χ1n) is 4.27. The van der Waals surface area contributed by atoms with Gasteiger partial charge < -0.3 is 0 Å². The van der Waals surface area contributed by atoms with Crippen LogP contribution in [-0.2, 0) is 7.05 Å². The monoisotopic (exact) mass is 152 g/mol. The fourth-order valence-electron chi connectivity index (χ4n) is 1.49. The minimum Gasteiger partial charge on any atom is -0.272 e. The second-order valence-electron chi connectivity index (χ2n) is 2.89. The molecule has 0 spiro atoms. The van der Waals surface area contributed by atoms with Crippen molar-refractivity contribution >= 4 is 0 Å². The molecule has 0 aliphatic rings. The first-order valence-corrected chi connectivity index (χ1v) is 4.27. The maximum absolute atomic E-state index is 4.15. The van der Waals surface area contributed by atoms with Gasteiger partial charge in [0.2, 0.25) is 0 Å². The zero-order chi connectivity index (χ0) is 8.27. The zero-order valence-electron chi connectivity index (χ0n) is 7.54. The van der Waals surface area contributed by atoms with E-state index in [9.17, 15) is 0 Å². The van der Waals surface area contributed by atoms with Crippen LogP contribution in [0.1, 0.15) is 38.3 Å². The summed E-state index contributed by atoms with van der Waals surface area (Å²) in [6, 6.07) is 2.11. The highest BCUT2D eigenvalue weighted by molar-refractivity contribution is 5.06. The van der Waals surface area contributed by atoms with Gasteiger partial charge in [0.05, 0.1) is 0 Å². The molecule has 0 saturated heterocycles. The van der Waals surface area contributed by atoms with Crippen LogP contribution in [-0.4, -0.2) is 9.78 Å². The lowest BCUT2D eigenvalue weighted by Crippen LogP contribution is -2.03. The van der Waals surface area contributed by atoms with Gasteiger partial charge in [0.25, 0.3) is 0 Å². The van der Waals surface area contributed by atoms with Crippen molar-refractivity contribution in [1.82, 2.24) is 9.78 Å². The Balaban J connectivity index is 2.81. The highest BCUT2D eigenvalue weighted by atomic mass is 15.3. The fraction of sp³-hybridized carbons (Fsp3) is 0.667. The van der Waals surface area contributed by atoms with Gasteiger partial charge in [-0.05, 0) is 18.9 Å². The van der Waals surface area contributed by atoms with Gasteiger partial charge in [-0.15, -0.1) is 0 Å². The Morgan fingerprint density at radius 1 is 1.45 bits per heavy atom. The van der Waals surface area contributed by atoms with Crippen molar-refractivity contribution in [2.45, 2.75) is 32.6 Å². The SMILES string of the molecule is CCC(CC)c1ccnn1C. The summed E-state index contributed by atoms with van der Waals surface area (Å²) in [4.78, 5) is 0. The van der Waals surface area contributed by atoms with E-state index in [1.807, 2.05) is 17.9 Å². The summed E-state index contributed by atoms with van der Waals surface area (Å²) in [6.07, 6.45) is 4.28. The van der Waals surface area contributed by atoms with Gasteiger partial charge in [-0.25, -0.2) is 0 Å². The van der Waals surface area contributed by atoms with Crippen molar-refractivity contribution in [3.8, 4) is 0 Å². The van der Waals surface area contributed by atoms with Crippen LogP contribution in [0.5, 0.6) is 0 Å². The predicted octanol–water partition coefficient (Wildman–Crippen LogP) is 2.32. The molecule has 0 aromatic carbocycles. The normalized spacial score (nSPS) is 10.9. The molecule has 0 amide bonds. The van der Waals surface area contributed by atoms with Crippen LogP contribution in [0.15, 0.2) is 12.3 Å². The molecule has 2 heteroatoms. The average Bonchev–Trinajstić information content (AvgIpc) is 2.40. The van der Waals surface area contributed by atoms with Crippen molar-refractivity contribution in [2.24, 2.45) is 7.05 Å². The van der Waals surface area contributed by atoms with Crippen molar-refractivity contribution in [3.63, 3.8) is 0 Å². The third kappa shape index (κ3) is 1.62. The molecule has 1 rings (SSSR count). The van der Waals surface area contributed by atoms with Gasteiger partial charge in [0.1, 0.15) is 0 Å². The molecular formula is C9H16N2. The second-order valence-corrected chi connectivity index (χ2v) is 2.89. The summed E-state index contributed by atoms with van der Waals surface area (Å²) >= 11 is 0. The second kappa shape index (κ2) is 3.56. The molecule has 62 valence electrons. The third-order valence-corrected chi connectivity index (χ3v) is 2.26. The largest absolute Gasteiger partial charge is 0.272 e. The Morgan fingerprint density at radius 3 is 2.45 bits per heavy atom. The molecule has 2 nitrogen and oxygen atoms in total. The highest BCUT2D eigenvalue weighted by Gasteiger charge is 2.09. The molecule has 0 radical (unpaired) electrons. The van der Waals surface area contributed by atoms with Crippen LogP contribution in [0, 0.1) is 0 Å². The number of rotatable bonds is 3. The van der Waals surface area contributed by atoms with E-state index >= 15 is 0 Å². The van der Waals surface area contributed by atoms with Crippen molar-refractivity contribution in [3.05, 3.63) is 18.0 Å². The molecule has 0 N–H and O–H groups in total. The lowest BCUT2D eigenvalue weighted by molar-refractivity contribution is 0.573. The van der Waals surface area contributed by atoms with E-state index in [1.165, 1.54) is 18.5 Å². The van der Waals surface area contributed by atoms with Crippen molar-refractivity contribution < 1.29 is 0 Å². The summed E-state index contributed by atoms with van der Waals surface area (Å²) in [5.41, 5.74) is 1.36. The van der Waals surface area contributed by atoms with E-state index < -0.39 is 0 Å². The van der Waals surface area contributed by atoms with Crippen LogP contribution >= 0.6 is 0 Å². The molecule has 0 saturated carbocycles. The summed E-state index contributed by atoms with van der Waals surface area (Å²) in [7, 11) is 2.01. The average molecular weight is 152 g/mol. The van der Waals surface area contributed by atoms with Gasteiger partial charge in [-0.1, -0.05) is 13.8 Å². The van der Waals surface area contributed by atoms with E-state index in [0.717, 1.165) is 0 Å². The molecule has 0 fully saturated rings. The summed E-state index contributed by atoms with van der Waals surface area (Å²) in [5, 5.41) is 4.15. The molecule has 1 heterocycles. The zero-order valence-corrected chi connectivity index (χ0v) is 7.54. The molecule has 1 aromatic heterocycles. The Labute approximate surface area is 68.2 Å². The maximum Gasteiger partial charge on any atom is 0.0492 e. The minimum absolute atomic E-state index is 0.683. The Hall–Kier alpha value is -0.790. The van der Waals surface area contributed by atoms with Gasteiger partial charge in [-0.3, -0.25) is 4.68 Å². The number of hydrogen-bond acceptors (Lipinski definition) is 1. The highest BCUT2D eigenvalue weighted by Crippen LogP contribution is 2.21. The number of aryl methyl sites for hydroxylation is 1. The Morgan fingerprint density at radius 2 is 2.09 bits per heavy atom. The molecule has 1 aromatic rings. The van der Waals surface area contributed by atoms with Crippen LogP contribution in [0.4, 0.5) is 0 Å². The summed E-state index contributed by atoms with van der Waals surface area (Å²) in [6.45, 7) is 4.45. The molecule has 0 aliphatic carbocycles. The molecule has 0 unspecified atom stereocenters. The molecule has 11 heavy (non-hydrogen) atoms. The maximum atomic E-state index is 4.15. The molecule has 0 atom stereocenters. The van der Waals surface area contributed by atoms with Gasteiger partial charge in [0.15, 0.2) is 0 Å². The molecule has 0 aliphatic heterocycles. The van der Waals surface area contributed by atoms with Crippen LogP contribution < -0.4 is 0 Å². The quantitative estimate of drug-likeness (QED) is 0.650. The Bertz CT molecular complexity index is 211. The van der Waals surface area contributed by atoms with Gasteiger partial charge in [0, 0.05) is 24.9 Å². The number of hydrogen-bond donors (Lipinski definition) is 0. The predicted molar refractivity (Wildman–Crippen MR) is 46.5 cm³/mol. The van der Waals surface area contributed by atoms with Crippen molar-refractivity contribution in [1.29, 1.82) is 0 Å². The van der Waals surface area contributed by atoms with E-state index in [0.29, 0.717) is 5.92 Å². The van der Waals surface area contributed by atoms with Crippen LogP contribution in [0.3, 0.4) is 0 Å². The summed E-state index contributed by atoms with van der Waals surface area (Å²) in [5.74, 6) is 0.683. The van der Waals surface area contributed by atoms with Crippen LogP contribution in [0.25, 0.3) is 0 Å². The number of nitrogens with zero attached hydrogens (tertiary/aromatic N) is 2. The van der Waals surface area contributed by atoms with E-state index in [4.69, 9.17) is 0 Å². The Kier molecular flexibility index (Phi) is 2.69. The lowest BCUT2D eigenvalue weighted by atomic mass is 10.00. The first kappa shape index (κ1) is 8.31. The van der Waals surface area contributed by atoms with Crippen LogP contribution in [0.2, 0.25) is 0 Å². The smallest absolute Gasteiger partial charge is 0.0492 e. The lowest BCUT2D eigenvalue weighted by Gasteiger charge is -2.11. The minimum atomic E-state index is 0.683. The molecule has 0 bridgehead atoms. The number of aromatic nitrogens is 2. The molecular weight excluding hydrogens is 136 g/mol. The van der Waals surface area contributed by atoms with Crippen molar-refractivity contribution in [2.75, 3.05) is 0 Å². The van der Waals surface area contributed by atoms with Gasteiger partial charge in [-0.2, -0.15) is 5.10 Å². The first-order chi connectivity index (χ1) is 5.29. The van der Waals surface area contributed by atoms with E-state index in [2.05, 4.69) is 25.0 Å². The van der Waals surface area contributed by atoms with E-state index in [-0.39, 0.29) is 0 Å². The fourth-order valence-corrected chi connectivity index (χ4v) is 1.49. The standard InChI is InChI=1S/C9H16N2/c1-4-8(5-2)9-6-7-10-11(9)3/h6-8H,4-5H2,1-3H3. The third-order valence-electron chi connectivity index (χ3n) is 2.26. The topological polar surface area (TPSA) is 17.8 Å². The summed E-state index contributed by atoms with van der Waals surface area (Å²) < 4.78 is 1.97. The van der Waals surface area contributed by atoms with Gasteiger partial charge >= 0.3 is 0 Å².